The van der Waals surface area contributed by atoms with E-state index in [0.29, 0.717) is 0 Å². The van der Waals surface area contributed by atoms with Gasteiger partial charge < -0.3 is 20.4 Å². The van der Waals surface area contributed by atoms with Crippen molar-refractivity contribution in [2.45, 2.75) is 38.4 Å². The largest absolute Gasteiger partial charge is 0.507 e. The molecule has 0 amide bonds. The molecule has 0 aromatic heterocycles. The van der Waals surface area contributed by atoms with E-state index in [1.165, 1.54) is 0 Å². The van der Waals surface area contributed by atoms with E-state index in [9.17, 15) is 30.0 Å². The highest BCUT2D eigenvalue weighted by Gasteiger charge is 2.51. The summed E-state index contributed by atoms with van der Waals surface area (Å²) in [7, 11) is 0. The number of carbonyl (C=O) groups is 2. The number of aliphatic hydroxyl groups is 2. The molecule has 0 saturated heterocycles. The Morgan fingerprint density at radius 2 is 1.77 bits per heavy atom. The molecule has 22 heavy (non-hydrogen) atoms. The Morgan fingerprint density at radius 1 is 1.23 bits per heavy atom. The highest BCUT2D eigenvalue weighted by molar-refractivity contribution is 6.20. The van der Waals surface area contributed by atoms with E-state index >= 15 is 0 Å². The molecule has 1 aromatic carbocycles. The second-order valence-electron chi connectivity index (χ2n) is 5.74. The van der Waals surface area contributed by atoms with E-state index in [4.69, 9.17) is 0 Å². The summed E-state index contributed by atoms with van der Waals surface area (Å²) in [6, 6.07) is 2.16. The van der Waals surface area contributed by atoms with Crippen LogP contribution in [-0.4, -0.2) is 43.7 Å². The first kappa shape index (κ1) is 16.2. The zero-order valence-corrected chi connectivity index (χ0v) is 12.3. The molecule has 0 spiro atoms. The molecule has 0 saturated carbocycles. The fourth-order valence-electron chi connectivity index (χ4n) is 2.53. The van der Waals surface area contributed by atoms with Crippen LogP contribution >= 0.6 is 0 Å². The van der Waals surface area contributed by atoms with E-state index in [1.807, 2.05) is 0 Å². The Morgan fingerprint density at radius 3 is 2.32 bits per heavy atom. The van der Waals surface area contributed by atoms with Crippen LogP contribution in [-0.2, 0) is 0 Å². The van der Waals surface area contributed by atoms with Crippen LogP contribution in [0.5, 0.6) is 11.5 Å². The predicted octanol–water partition coefficient (Wildman–Crippen LogP) is 1.32. The fourth-order valence-corrected chi connectivity index (χ4v) is 2.53. The smallest absolute Gasteiger partial charge is 0.202 e. The maximum absolute atomic E-state index is 12.5. The van der Waals surface area contributed by atoms with Gasteiger partial charge in [-0.2, -0.15) is 0 Å². The van der Waals surface area contributed by atoms with E-state index in [1.54, 1.807) is 19.9 Å². The first-order chi connectivity index (χ1) is 10.2. The van der Waals surface area contributed by atoms with Gasteiger partial charge in [0.1, 0.15) is 11.5 Å². The third-order valence-electron chi connectivity index (χ3n) is 3.79. The van der Waals surface area contributed by atoms with Crippen molar-refractivity contribution >= 4 is 11.6 Å². The van der Waals surface area contributed by atoms with Gasteiger partial charge in [-0.1, -0.05) is 11.6 Å². The third-order valence-corrected chi connectivity index (χ3v) is 3.79. The highest BCUT2D eigenvalue weighted by Crippen LogP contribution is 2.40. The molecular formula is C16H18O6. The van der Waals surface area contributed by atoms with Crippen LogP contribution in [0.2, 0.25) is 0 Å². The van der Waals surface area contributed by atoms with Crippen molar-refractivity contribution in [2.75, 3.05) is 0 Å². The summed E-state index contributed by atoms with van der Waals surface area (Å²) < 4.78 is 0. The lowest BCUT2D eigenvalue weighted by Crippen LogP contribution is -2.53. The minimum atomic E-state index is -2.32. The van der Waals surface area contributed by atoms with E-state index in [2.05, 4.69) is 0 Å². The Bertz CT molecular complexity index is 671. The number of phenolic OH excluding ortho intramolecular Hbond substituents is 2. The fraction of sp³-hybridized carbons (Fsp3) is 0.375. The number of ketones is 2. The SMILES string of the molecule is CC(C)=CC[C@@H](O)C1(O)CC(=O)c2c(O)ccc(O)c2C1=O. The van der Waals surface area contributed by atoms with Gasteiger partial charge in [-0.05, 0) is 32.4 Å². The molecule has 1 unspecified atom stereocenters. The summed E-state index contributed by atoms with van der Waals surface area (Å²) in [5.74, 6) is -2.63. The first-order valence-electron chi connectivity index (χ1n) is 6.85. The average Bonchev–Trinajstić information content (AvgIpc) is 2.44. The molecule has 4 N–H and O–H groups in total. The highest BCUT2D eigenvalue weighted by atomic mass is 16.4. The lowest BCUT2D eigenvalue weighted by molar-refractivity contribution is -0.0510. The zero-order chi connectivity index (χ0) is 16.7. The van der Waals surface area contributed by atoms with Crippen molar-refractivity contribution in [1.82, 2.24) is 0 Å². The minimum absolute atomic E-state index is 0.00718. The van der Waals surface area contributed by atoms with Gasteiger partial charge in [-0.25, -0.2) is 0 Å². The van der Waals surface area contributed by atoms with Gasteiger partial charge >= 0.3 is 0 Å². The number of hydrogen-bond donors (Lipinski definition) is 4. The second-order valence-corrected chi connectivity index (χ2v) is 5.74. The molecule has 0 aliphatic heterocycles. The van der Waals surface area contributed by atoms with Gasteiger partial charge in [0.05, 0.1) is 23.7 Å². The summed E-state index contributed by atoms with van der Waals surface area (Å²) in [5.41, 5.74) is -2.20. The van der Waals surface area contributed by atoms with Crippen LogP contribution in [0.25, 0.3) is 0 Å². The standard InChI is InChI=1S/C16H18O6/c1-8(2)3-6-12(20)16(22)7-11(19)13-9(17)4-5-10(18)14(13)15(16)21/h3-5,12,17-18,20,22H,6-7H2,1-2H3/t12-,16?/m1/s1. The first-order valence-corrected chi connectivity index (χ1v) is 6.85. The van der Waals surface area contributed by atoms with E-state index in [-0.39, 0.29) is 12.0 Å². The van der Waals surface area contributed by atoms with Gasteiger partial charge in [0.25, 0.3) is 0 Å². The number of aliphatic hydroxyl groups excluding tert-OH is 1. The number of allylic oxidation sites excluding steroid dienone is 1. The summed E-state index contributed by atoms with van der Waals surface area (Å²) in [4.78, 5) is 24.6. The number of carbonyl (C=O) groups excluding carboxylic acids is 2. The van der Waals surface area contributed by atoms with Crippen LogP contribution < -0.4 is 0 Å². The Kier molecular flexibility index (Phi) is 4.08. The normalized spacial score (nSPS) is 22.2. The van der Waals surface area contributed by atoms with Crippen molar-refractivity contribution in [2.24, 2.45) is 0 Å². The average molecular weight is 306 g/mol. The summed E-state index contributed by atoms with van der Waals surface area (Å²) in [5, 5.41) is 40.2. The number of aromatic hydroxyl groups is 2. The van der Waals surface area contributed by atoms with Crippen LogP contribution in [0, 0.1) is 0 Å². The molecule has 118 valence electrons. The molecule has 0 radical (unpaired) electrons. The van der Waals surface area contributed by atoms with Gasteiger partial charge in [0.15, 0.2) is 11.4 Å². The van der Waals surface area contributed by atoms with E-state index < -0.39 is 46.8 Å². The van der Waals surface area contributed by atoms with Gasteiger partial charge in [0, 0.05) is 0 Å². The number of benzene rings is 1. The van der Waals surface area contributed by atoms with Crippen molar-refractivity contribution in [3.63, 3.8) is 0 Å². The maximum Gasteiger partial charge on any atom is 0.202 e. The van der Waals surface area contributed by atoms with Gasteiger partial charge in [0.2, 0.25) is 5.78 Å². The topological polar surface area (TPSA) is 115 Å². The predicted molar refractivity (Wildman–Crippen MR) is 78.1 cm³/mol. The lowest BCUT2D eigenvalue weighted by atomic mass is 9.74. The maximum atomic E-state index is 12.5. The summed E-state index contributed by atoms with van der Waals surface area (Å²) in [6.07, 6.45) is -0.507. The Balaban J connectivity index is 2.51. The van der Waals surface area contributed by atoms with Gasteiger partial charge in [-0.3, -0.25) is 9.59 Å². The number of phenols is 2. The molecule has 2 rings (SSSR count). The summed E-state index contributed by atoms with van der Waals surface area (Å²) in [6.45, 7) is 3.59. The third kappa shape index (κ3) is 2.51. The molecule has 6 nitrogen and oxygen atoms in total. The monoisotopic (exact) mass is 306 g/mol. The molecular weight excluding hydrogens is 288 g/mol. The van der Waals surface area contributed by atoms with Crippen LogP contribution in [0.1, 0.15) is 47.4 Å². The van der Waals surface area contributed by atoms with Gasteiger partial charge in [-0.15, -0.1) is 0 Å². The lowest BCUT2D eigenvalue weighted by Gasteiger charge is -2.34. The quantitative estimate of drug-likeness (QED) is 0.494. The summed E-state index contributed by atoms with van der Waals surface area (Å²) >= 11 is 0. The molecule has 1 aliphatic carbocycles. The molecule has 1 aromatic rings. The molecule has 6 heteroatoms. The van der Waals surface area contributed by atoms with Crippen molar-refractivity contribution < 1.29 is 30.0 Å². The van der Waals surface area contributed by atoms with Crippen LogP contribution in [0.4, 0.5) is 0 Å². The molecule has 0 fully saturated rings. The molecule has 0 heterocycles. The molecule has 2 atom stereocenters. The zero-order valence-electron chi connectivity index (χ0n) is 12.3. The number of rotatable bonds is 3. The van der Waals surface area contributed by atoms with Crippen LogP contribution in [0.15, 0.2) is 23.8 Å². The number of fused-ring (bicyclic) bond motifs is 1. The Hall–Kier alpha value is -2.18. The van der Waals surface area contributed by atoms with Crippen molar-refractivity contribution in [3.8, 4) is 11.5 Å². The van der Waals surface area contributed by atoms with Crippen molar-refractivity contribution in [1.29, 1.82) is 0 Å². The minimum Gasteiger partial charge on any atom is -0.507 e. The Labute approximate surface area is 127 Å². The van der Waals surface area contributed by atoms with E-state index in [0.717, 1.165) is 17.7 Å². The second kappa shape index (κ2) is 5.55. The number of hydrogen-bond acceptors (Lipinski definition) is 6. The number of Topliss-reactive ketones (excluding diaryl/α,β-unsaturated/α-hetero) is 2. The van der Waals surface area contributed by atoms with Crippen molar-refractivity contribution in [3.05, 3.63) is 34.9 Å². The molecule has 0 bridgehead atoms. The molecule has 1 aliphatic rings. The van der Waals surface area contributed by atoms with Crippen LogP contribution in [0.3, 0.4) is 0 Å².